The van der Waals surface area contributed by atoms with Crippen molar-refractivity contribution in [3.63, 3.8) is 0 Å². The average molecular weight is 567 g/mol. The number of benzene rings is 3. The monoisotopic (exact) mass is 567 g/mol. The van der Waals surface area contributed by atoms with Gasteiger partial charge in [-0.3, -0.25) is 0 Å². The topological polar surface area (TPSA) is 101 Å². The minimum absolute atomic E-state index is 0.0597. The van der Waals surface area contributed by atoms with Crippen LogP contribution in [0.5, 0.6) is 0 Å². The summed E-state index contributed by atoms with van der Waals surface area (Å²) >= 11 is 0. The summed E-state index contributed by atoms with van der Waals surface area (Å²) in [6, 6.07) is 1.24. The van der Waals surface area contributed by atoms with Crippen LogP contribution in [0.15, 0.2) is 0 Å². The molecule has 14 heteroatoms. The number of halogens is 7. The molecule has 6 aromatic rings. The Hall–Kier alpha value is -5.06. The number of rotatable bonds is 1. The van der Waals surface area contributed by atoms with E-state index in [0.29, 0.717) is 22.8 Å². The van der Waals surface area contributed by atoms with Gasteiger partial charge in [0.15, 0.2) is 34.9 Å². The van der Waals surface area contributed by atoms with Crippen molar-refractivity contribution in [2.24, 2.45) is 0 Å². The van der Waals surface area contributed by atoms with E-state index in [2.05, 4.69) is 29.9 Å². The van der Waals surface area contributed by atoms with Crippen molar-refractivity contribution in [1.82, 2.24) is 29.9 Å². The zero-order valence-corrected chi connectivity index (χ0v) is 21.3. The van der Waals surface area contributed by atoms with Crippen LogP contribution in [0.2, 0.25) is 0 Å². The first-order valence-electron chi connectivity index (χ1n) is 11.7. The molecule has 0 spiro atoms. The first-order chi connectivity index (χ1) is 19.4. The fraction of sp³-hybridized carbons (Fsp3) is 0.148. The Morgan fingerprint density at radius 2 is 0.707 bits per heavy atom. The van der Waals surface area contributed by atoms with Crippen molar-refractivity contribution in [2.75, 3.05) is 0 Å². The first-order valence-corrected chi connectivity index (χ1v) is 11.7. The van der Waals surface area contributed by atoms with Crippen LogP contribution in [-0.2, 0) is 0 Å². The van der Waals surface area contributed by atoms with E-state index >= 15 is 8.78 Å². The Kier molecular flexibility index (Phi) is 5.57. The molecule has 0 saturated carbocycles. The van der Waals surface area contributed by atoms with Gasteiger partial charge in [-0.2, -0.15) is 5.26 Å². The molecule has 204 valence electrons. The normalized spacial score (nSPS) is 11.8. The van der Waals surface area contributed by atoms with E-state index in [0.717, 1.165) is 0 Å². The van der Waals surface area contributed by atoms with Crippen molar-refractivity contribution >= 4 is 44.1 Å². The van der Waals surface area contributed by atoms with Crippen molar-refractivity contribution < 1.29 is 30.7 Å². The number of fused-ring (bicyclic) bond motifs is 7. The van der Waals surface area contributed by atoms with Crippen molar-refractivity contribution in [3.8, 4) is 17.2 Å². The molecule has 3 heterocycles. The molecule has 0 atom stereocenters. The van der Waals surface area contributed by atoms with E-state index in [9.17, 15) is 27.2 Å². The van der Waals surface area contributed by atoms with E-state index in [1.165, 1.54) is 6.07 Å². The van der Waals surface area contributed by atoms with Gasteiger partial charge >= 0.3 is 0 Å². The van der Waals surface area contributed by atoms with Gasteiger partial charge in [-0.15, -0.1) is 0 Å². The molecular weight excluding hydrogens is 555 g/mol. The molecular formula is C27H12F7N7. The first kappa shape index (κ1) is 26.2. The molecule has 0 radical (unpaired) electrons. The van der Waals surface area contributed by atoms with Gasteiger partial charge in [0.05, 0.1) is 28.3 Å². The zero-order valence-electron chi connectivity index (χ0n) is 21.3. The van der Waals surface area contributed by atoms with Gasteiger partial charge in [-0.25, -0.2) is 60.6 Å². The minimum atomic E-state index is -2.51. The van der Waals surface area contributed by atoms with E-state index in [4.69, 9.17) is 0 Å². The number of nitriles is 1. The second-order valence-corrected chi connectivity index (χ2v) is 9.24. The Morgan fingerprint density at radius 1 is 0.390 bits per heavy atom. The lowest BCUT2D eigenvalue weighted by molar-refractivity contribution is 0.381. The molecule has 3 aromatic heterocycles. The number of nitrogens with zero attached hydrogens (tertiary/aromatic N) is 7. The number of aromatic nitrogens is 6. The third kappa shape index (κ3) is 3.44. The maximum atomic E-state index is 16.1. The van der Waals surface area contributed by atoms with Crippen LogP contribution in [0.4, 0.5) is 30.7 Å². The fourth-order valence-electron chi connectivity index (χ4n) is 4.56. The SMILES string of the molecule is Cc1nc2c3nc(C)c(C)nc3c3nc4c(F)c(-c5c(F)c(F)c(F)c(F)c5F)c(C#N)c(F)c4nc3c2nc1C. The molecule has 6 rings (SSSR count). The van der Waals surface area contributed by atoms with Crippen LogP contribution in [0, 0.1) is 79.7 Å². The maximum absolute atomic E-state index is 16.1. The lowest BCUT2D eigenvalue weighted by Crippen LogP contribution is -2.09. The molecule has 0 bridgehead atoms. The van der Waals surface area contributed by atoms with Gasteiger partial charge in [0.2, 0.25) is 5.82 Å². The summed E-state index contributed by atoms with van der Waals surface area (Å²) in [6.07, 6.45) is 0. The highest BCUT2D eigenvalue weighted by atomic mass is 19.2. The summed E-state index contributed by atoms with van der Waals surface area (Å²) in [6.45, 7) is 6.68. The largest absolute Gasteiger partial charge is 0.247 e. The fourth-order valence-corrected chi connectivity index (χ4v) is 4.56. The summed E-state index contributed by atoms with van der Waals surface area (Å²) in [7, 11) is 0. The van der Waals surface area contributed by atoms with Crippen LogP contribution in [0.25, 0.3) is 55.3 Å². The highest BCUT2D eigenvalue weighted by Crippen LogP contribution is 2.40. The van der Waals surface area contributed by atoms with Crippen LogP contribution >= 0.6 is 0 Å². The van der Waals surface area contributed by atoms with Gasteiger partial charge < -0.3 is 0 Å². The number of hydrogen-bond acceptors (Lipinski definition) is 7. The smallest absolute Gasteiger partial charge is 0.200 e. The molecule has 0 N–H and O–H groups in total. The summed E-state index contributed by atoms with van der Waals surface area (Å²) in [4.78, 5) is 26.4. The van der Waals surface area contributed by atoms with Crippen LogP contribution in [0.1, 0.15) is 28.3 Å². The molecule has 0 aliphatic heterocycles. The molecule has 0 unspecified atom stereocenters. The van der Waals surface area contributed by atoms with Gasteiger partial charge in [-0.1, -0.05) is 0 Å². The predicted octanol–water partition coefficient (Wildman–Crippen LogP) is 6.42. The van der Waals surface area contributed by atoms with Crippen molar-refractivity contribution in [3.05, 3.63) is 69.1 Å². The molecule has 0 fully saturated rings. The molecule has 0 aliphatic rings. The quantitative estimate of drug-likeness (QED) is 0.0744. The Bertz CT molecular complexity index is 2220. The van der Waals surface area contributed by atoms with E-state index in [1.807, 2.05) is 0 Å². The van der Waals surface area contributed by atoms with E-state index in [1.54, 1.807) is 27.7 Å². The van der Waals surface area contributed by atoms with Crippen LogP contribution in [0.3, 0.4) is 0 Å². The summed E-state index contributed by atoms with van der Waals surface area (Å²) < 4.78 is 103. The number of hydrogen-bond donors (Lipinski definition) is 0. The van der Waals surface area contributed by atoms with Gasteiger partial charge in [-0.05, 0) is 27.7 Å². The van der Waals surface area contributed by atoms with E-state index < -0.39 is 68.4 Å². The molecule has 3 aromatic carbocycles. The third-order valence-corrected chi connectivity index (χ3v) is 6.86. The van der Waals surface area contributed by atoms with Gasteiger partial charge in [0, 0.05) is 5.56 Å². The molecule has 0 saturated heterocycles. The second-order valence-electron chi connectivity index (χ2n) is 9.24. The Balaban J connectivity index is 1.88. The minimum Gasteiger partial charge on any atom is -0.247 e. The summed E-state index contributed by atoms with van der Waals surface area (Å²) in [5.41, 5.74) is -4.14. The Labute approximate surface area is 224 Å². The van der Waals surface area contributed by atoms with Gasteiger partial charge in [0.1, 0.15) is 55.8 Å². The van der Waals surface area contributed by atoms with Crippen LogP contribution in [-0.4, -0.2) is 29.9 Å². The average Bonchev–Trinajstić information content (AvgIpc) is 2.95. The lowest BCUT2D eigenvalue weighted by atomic mass is 9.96. The zero-order chi connectivity index (χ0) is 29.7. The lowest BCUT2D eigenvalue weighted by Gasteiger charge is -2.15. The second kappa shape index (κ2) is 8.72. The molecule has 7 nitrogen and oxygen atoms in total. The van der Waals surface area contributed by atoms with Crippen LogP contribution < -0.4 is 0 Å². The van der Waals surface area contributed by atoms with Crippen molar-refractivity contribution in [1.29, 1.82) is 5.26 Å². The summed E-state index contributed by atoms with van der Waals surface area (Å²) in [5, 5.41) is 9.62. The molecule has 0 aliphatic carbocycles. The standard InChI is InChI=1S/C27H12F7N7/c1-6-8(3)38-24-22(36-6)23-25(39-9(4)7(2)37-23)27-26(24)40-20-13(28)10(5-35)11(16(31)21(20)41-27)12-14(29)17(32)19(34)18(33)15(12)30/h1-4H3. The maximum Gasteiger partial charge on any atom is 0.200 e. The van der Waals surface area contributed by atoms with E-state index in [-0.39, 0.29) is 33.1 Å². The third-order valence-electron chi connectivity index (χ3n) is 6.86. The molecule has 41 heavy (non-hydrogen) atoms. The highest BCUT2D eigenvalue weighted by Gasteiger charge is 2.33. The summed E-state index contributed by atoms with van der Waals surface area (Å²) in [5.74, 6) is -15.6. The van der Waals surface area contributed by atoms with Crippen molar-refractivity contribution in [2.45, 2.75) is 27.7 Å². The predicted molar refractivity (Wildman–Crippen MR) is 132 cm³/mol. The number of aryl methyl sites for hydroxylation is 4. The van der Waals surface area contributed by atoms with Gasteiger partial charge in [0.25, 0.3) is 0 Å². The highest BCUT2D eigenvalue weighted by molar-refractivity contribution is 6.19. The Morgan fingerprint density at radius 3 is 1.07 bits per heavy atom. The molecule has 0 amide bonds.